The quantitative estimate of drug-likeness (QED) is 0.274. The summed E-state index contributed by atoms with van der Waals surface area (Å²) in [6, 6.07) is 4.11. The summed E-state index contributed by atoms with van der Waals surface area (Å²) in [6.07, 6.45) is 4.62. The van der Waals surface area contributed by atoms with E-state index in [1.165, 1.54) is 0 Å². The van der Waals surface area contributed by atoms with Gasteiger partial charge in [-0.1, -0.05) is 0 Å². The minimum atomic E-state index is 0. The van der Waals surface area contributed by atoms with Crippen molar-refractivity contribution in [2.24, 2.45) is 4.99 Å². The van der Waals surface area contributed by atoms with Crippen LogP contribution in [0.2, 0.25) is 0 Å². The summed E-state index contributed by atoms with van der Waals surface area (Å²) in [5, 5.41) is 6.65. The lowest BCUT2D eigenvalue weighted by molar-refractivity contribution is 0.179. The van der Waals surface area contributed by atoms with Crippen LogP contribution in [0.1, 0.15) is 12.7 Å². The molecule has 0 amide bonds. The molecule has 0 fully saturated rings. The molecule has 1 atom stereocenters. The SMILES string of the molecule is COCC(C)NC(=NCCSC)NCCc1ccco1.I. The van der Waals surface area contributed by atoms with E-state index < -0.39 is 0 Å². The second-order valence-corrected chi connectivity index (χ2v) is 5.47. The Kier molecular flexibility index (Phi) is 13.0. The zero-order valence-corrected chi connectivity index (χ0v) is 16.1. The van der Waals surface area contributed by atoms with Crippen molar-refractivity contribution in [2.45, 2.75) is 19.4 Å². The second-order valence-electron chi connectivity index (χ2n) is 4.48. The predicted molar refractivity (Wildman–Crippen MR) is 101 cm³/mol. The summed E-state index contributed by atoms with van der Waals surface area (Å²) in [4.78, 5) is 4.54. The van der Waals surface area contributed by atoms with Crippen molar-refractivity contribution < 1.29 is 9.15 Å². The van der Waals surface area contributed by atoms with E-state index in [1.54, 1.807) is 25.1 Å². The Balaban J connectivity index is 0.00000400. The summed E-state index contributed by atoms with van der Waals surface area (Å²) < 4.78 is 10.4. The van der Waals surface area contributed by atoms with E-state index in [9.17, 15) is 0 Å². The molecule has 1 rings (SSSR count). The number of methoxy groups -OCH3 is 1. The predicted octanol–water partition coefficient (Wildman–Crippen LogP) is 2.37. The van der Waals surface area contributed by atoms with Crippen molar-refractivity contribution >= 4 is 41.7 Å². The molecule has 0 bridgehead atoms. The summed E-state index contributed by atoms with van der Waals surface area (Å²) in [5.41, 5.74) is 0. The summed E-state index contributed by atoms with van der Waals surface area (Å²) in [5.74, 6) is 2.82. The molecule has 1 heterocycles. The van der Waals surface area contributed by atoms with Crippen LogP contribution in [0, 0.1) is 0 Å². The highest BCUT2D eigenvalue weighted by Gasteiger charge is 2.05. The molecule has 122 valence electrons. The Labute approximate surface area is 148 Å². The maximum Gasteiger partial charge on any atom is 0.191 e. The zero-order chi connectivity index (χ0) is 14.6. The fraction of sp³-hybridized carbons (Fsp3) is 0.643. The molecule has 0 radical (unpaired) electrons. The number of ether oxygens (including phenoxy) is 1. The fourth-order valence-electron chi connectivity index (χ4n) is 1.69. The summed E-state index contributed by atoms with van der Waals surface area (Å²) in [7, 11) is 1.70. The van der Waals surface area contributed by atoms with E-state index in [2.05, 4.69) is 28.8 Å². The van der Waals surface area contributed by atoms with Crippen molar-refractivity contribution in [3.8, 4) is 0 Å². The number of thioether (sulfide) groups is 1. The van der Waals surface area contributed by atoms with Gasteiger partial charge in [-0.3, -0.25) is 4.99 Å². The number of rotatable bonds is 9. The molecule has 0 spiro atoms. The normalized spacial score (nSPS) is 12.6. The van der Waals surface area contributed by atoms with Gasteiger partial charge in [-0.05, 0) is 25.3 Å². The number of furan rings is 1. The van der Waals surface area contributed by atoms with E-state index in [1.807, 2.05) is 12.1 Å². The van der Waals surface area contributed by atoms with Gasteiger partial charge in [-0.2, -0.15) is 11.8 Å². The van der Waals surface area contributed by atoms with Crippen LogP contribution in [0.15, 0.2) is 27.8 Å². The van der Waals surface area contributed by atoms with Gasteiger partial charge in [0.1, 0.15) is 5.76 Å². The van der Waals surface area contributed by atoms with Gasteiger partial charge in [0, 0.05) is 31.9 Å². The highest BCUT2D eigenvalue weighted by Crippen LogP contribution is 1.99. The molecule has 1 aromatic rings. The molecule has 7 heteroatoms. The topological polar surface area (TPSA) is 58.8 Å². The third-order valence-corrected chi connectivity index (χ3v) is 3.20. The largest absolute Gasteiger partial charge is 0.469 e. The van der Waals surface area contributed by atoms with Crippen LogP contribution in [-0.2, 0) is 11.2 Å². The molecule has 0 aliphatic heterocycles. The van der Waals surface area contributed by atoms with Crippen molar-refractivity contribution in [3.63, 3.8) is 0 Å². The van der Waals surface area contributed by atoms with Gasteiger partial charge in [-0.15, -0.1) is 24.0 Å². The van der Waals surface area contributed by atoms with Gasteiger partial charge in [0.2, 0.25) is 0 Å². The average molecular weight is 427 g/mol. The lowest BCUT2D eigenvalue weighted by atomic mass is 10.3. The van der Waals surface area contributed by atoms with E-state index in [0.29, 0.717) is 6.61 Å². The lowest BCUT2D eigenvalue weighted by Crippen LogP contribution is -2.44. The first kappa shape index (κ1) is 20.6. The zero-order valence-electron chi connectivity index (χ0n) is 12.9. The molecule has 21 heavy (non-hydrogen) atoms. The minimum absolute atomic E-state index is 0. The minimum Gasteiger partial charge on any atom is -0.469 e. The fourth-order valence-corrected chi connectivity index (χ4v) is 1.96. The van der Waals surface area contributed by atoms with Crippen LogP contribution in [-0.4, -0.2) is 50.8 Å². The molecule has 1 aromatic heterocycles. The Morgan fingerprint density at radius 2 is 2.33 bits per heavy atom. The van der Waals surface area contributed by atoms with Crippen LogP contribution in [0.25, 0.3) is 0 Å². The highest BCUT2D eigenvalue weighted by molar-refractivity contribution is 14.0. The second kappa shape index (κ2) is 13.3. The van der Waals surface area contributed by atoms with Gasteiger partial charge in [0.05, 0.1) is 19.4 Å². The number of halogens is 1. The number of guanidine groups is 1. The van der Waals surface area contributed by atoms with E-state index >= 15 is 0 Å². The smallest absolute Gasteiger partial charge is 0.191 e. The van der Waals surface area contributed by atoms with Gasteiger partial charge < -0.3 is 19.8 Å². The third-order valence-electron chi connectivity index (χ3n) is 2.61. The Hall–Kier alpha value is -0.410. The van der Waals surface area contributed by atoms with Gasteiger partial charge in [0.15, 0.2) is 5.96 Å². The van der Waals surface area contributed by atoms with Crippen molar-refractivity contribution in [1.29, 1.82) is 0 Å². The molecule has 1 unspecified atom stereocenters. The summed E-state index contributed by atoms with van der Waals surface area (Å²) in [6.45, 7) is 4.32. The van der Waals surface area contributed by atoms with Crippen molar-refractivity contribution in [2.75, 3.05) is 38.8 Å². The Bertz CT molecular complexity index is 374. The molecule has 0 aliphatic carbocycles. The van der Waals surface area contributed by atoms with Crippen molar-refractivity contribution in [3.05, 3.63) is 24.2 Å². The van der Waals surface area contributed by atoms with Crippen LogP contribution in [0.4, 0.5) is 0 Å². The third kappa shape index (κ3) is 10.0. The average Bonchev–Trinajstić information content (AvgIpc) is 2.92. The van der Waals surface area contributed by atoms with Crippen LogP contribution in [0.5, 0.6) is 0 Å². The maximum absolute atomic E-state index is 5.31. The van der Waals surface area contributed by atoms with Gasteiger partial charge >= 0.3 is 0 Å². The molecule has 5 nitrogen and oxygen atoms in total. The monoisotopic (exact) mass is 427 g/mol. The first-order valence-electron chi connectivity index (χ1n) is 6.81. The Morgan fingerprint density at radius 3 is 2.95 bits per heavy atom. The molecule has 0 aromatic carbocycles. The van der Waals surface area contributed by atoms with E-state index in [4.69, 9.17) is 9.15 Å². The number of hydrogen-bond acceptors (Lipinski definition) is 4. The highest BCUT2D eigenvalue weighted by atomic mass is 127. The van der Waals surface area contributed by atoms with Crippen molar-refractivity contribution in [1.82, 2.24) is 10.6 Å². The first-order chi connectivity index (χ1) is 9.76. The number of nitrogens with one attached hydrogen (secondary N) is 2. The van der Waals surface area contributed by atoms with E-state index in [-0.39, 0.29) is 30.0 Å². The molecule has 2 N–H and O–H groups in total. The number of hydrogen-bond donors (Lipinski definition) is 2. The van der Waals surface area contributed by atoms with Crippen LogP contribution in [0.3, 0.4) is 0 Å². The standard InChI is InChI=1S/C14H25N3O2S.HI/c1-12(11-18-2)17-14(16-8-10-20-3)15-7-6-13-5-4-9-19-13;/h4-5,9,12H,6-8,10-11H2,1-3H3,(H2,15,16,17);1H. The van der Waals surface area contributed by atoms with Crippen LogP contribution >= 0.6 is 35.7 Å². The Morgan fingerprint density at radius 1 is 1.52 bits per heavy atom. The summed E-state index contributed by atoms with van der Waals surface area (Å²) >= 11 is 1.79. The molecule has 0 saturated carbocycles. The first-order valence-corrected chi connectivity index (χ1v) is 8.20. The lowest BCUT2D eigenvalue weighted by Gasteiger charge is -2.17. The van der Waals surface area contributed by atoms with Gasteiger partial charge in [-0.25, -0.2) is 0 Å². The van der Waals surface area contributed by atoms with Gasteiger partial charge in [0.25, 0.3) is 0 Å². The molecular formula is C14H26IN3O2S. The van der Waals surface area contributed by atoms with Crippen LogP contribution < -0.4 is 10.6 Å². The maximum atomic E-state index is 5.31. The molecule has 0 saturated heterocycles. The number of aliphatic imine (C=N–C) groups is 1. The number of nitrogens with zero attached hydrogens (tertiary/aromatic N) is 1. The molecular weight excluding hydrogens is 401 g/mol. The van der Waals surface area contributed by atoms with E-state index in [0.717, 1.165) is 37.0 Å². The molecule has 0 aliphatic rings.